The van der Waals surface area contributed by atoms with Crippen molar-refractivity contribution in [2.45, 2.75) is 6.54 Å². The van der Waals surface area contributed by atoms with E-state index in [2.05, 4.69) is 22.8 Å². The lowest BCUT2D eigenvalue weighted by atomic mass is 10.3. The summed E-state index contributed by atoms with van der Waals surface area (Å²) in [4.78, 5) is 2.55. The van der Waals surface area contributed by atoms with Crippen LogP contribution in [0.2, 0.25) is 4.34 Å². The molecule has 0 unspecified atom stereocenters. The van der Waals surface area contributed by atoms with E-state index in [-0.39, 0.29) is 0 Å². The molecule has 2 aromatic heterocycles. The maximum absolute atomic E-state index is 5.89. The molecule has 0 aliphatic rings. The quantitative estimate of drug-likeness (QED) is 0.864. The first kappa shape index (κ1) is 10.2. The molecule has 2 aromatic rings. The summed E-state index contributed by atoms with van der Waals surface area (Å²) in [5.41, 5.74) is 1.33. The lowest BCUT2D eigenvalue weighted by molar-refractivity contribution is 0.821. The normalized spacial score (nSPS) is 10.7. The molecule has 74 valence electrons. The van der Waals surface area contributed by atoms with Gasteiger partial charge in [-0.1, -0.05) is 11.6 Å². The van der Waals surface area contributed by atoms with Crippen LogP contribution in [-0.2, 0) is 6.54 Å². The molecule has 0 amide bonds. The van der Waals surface area contributed by atoms with Gasteiger partial charge >= 0.3 is 0 Å². The van der Waals surface area contributed by atoms with Gasteiger partial charge in [0.15, 0.2) is 0 Å². The topological polar surface area (TPSA) is 12.0 Å². The zero-order valence-corrected chi connectivity index (χ0v) is 10.1. The summed E-state index contributed by atoms with van der Waals surface area (Å²) in [6.45, 7) is 0.926. The molecule has 2 heterocycles. The van der Waals surface area contributed by atoms with Crippen molar-refractivity contribution in [1.29, 1.82) is 0 Å². The third-order valence-electron chi connectivity index (χ3n) is 1.85. The largest absolute Gasteiger partial charge is 0.316 e. The fraction of sp³-hybridized carbons (Fsp3) is 0.200. The van der Waals surface area contributed by atoms with Crippen molar-refractivity contribution in [3.8, 4) is 9.75 Å². The van der Waals surface area contributed by atoms with E-state index >= 15 is 0 Å². The van der Waals surface area contributed by atoms with E-state index < -0.39 is 0 Å². The van der Waals surface area contributed by atoms with Gasteiger partial charge in [-0.05, 0) is 36.2 Å². The van der Waals surface area contributed by atoms with Crippen LogP contribution in [0, 0.1) is 0 Å². The monoisotopic (exact) mass is 243 g/mol. The summed E-state index contributed by atoms with van der Waals surface area (Å²) in [5, 5.41) is 5.32. The van der Waals surface area contributed by atoms with Gasteiger partial charge in [-0.15, -0.1) is 22.7 Å². The Balaban J connectivity index is 2.24. The highest BCUT2D eigenvalue weighted by Gasteiger charge is 2.04. The predicted molar refractivity (Wildman–Crippen MR) is 65.4 cm³/mol. The van der Waals surface area contributed by atoms with Gasteiger partial charge in [0.25, 0.3) is 0 Å². The van der Waals surface area contributed by atoms with Gasteiger partial charge in [0.2, 0.25) is 0 Å². The van der Waals surface area contributed by atoms with Crippen LogP contribution in [0.5, 0.6) is 0 Å². The van der Waals surface area contributed by atoms with E-state index in [1.165, 1.54) is 15.3 Å². The molecule has 0 aromatic carbocycles. The summed E-state index contributed by atoms with van der Waals surface area (Å²) < 4.78 is 0.851. The maximum Gasteiger partial charge on any atom is 0.0935 e. The molecular weight excluding hydrogens is 234 g/mol. The van der Waals surface area contributed by atoms with Crippen molar-refractivity contribution in [2.75, 3.05) is 7.05 Å². The molecule has 1 nitrogen and oxygen atoms in total. The Bertz CT molecular complexity index is 419. The van der Waals surface area contributed by atoms with Gasteiger partial charge in [0.1, 0.15) is 0 Å². The zero-order valence-electron chi connectivity index (χ0n) is 7.71. The van der Waals surface area contributed by atoms with E-state index in [1.807, 2.05) is 13.1 Å². The molecule has 4 heteroatoms. The molecule has 14 heavy (non-hydrogen) atoms. The van der Waals surface area contributed by atoms with Gasteiger partial charge < -0.3 is 5.32 Å². The lowest BCUT2D eigenvalue weighted by Crippen LogP contribution is -2.03. The summed E-state index contributed by atoms with van der Waals surface area (Å²) in [5.74, 6) is 0. The van der Waals surface area contributed by atoms with Gasteiger partial charge in [0.05, 0.1) is 4.34 Å². The highest BCUT2D eigenvalue weighted by molar-refractivity contribution is 7.23. The second-order valence-electron chi connectivity index (χ2n) is 2.95. The fourth-order valence-corrected chi connectivity index (χ4v) is 3.31. The van der Waals surface area contributed by atoms with Crippen LogP contribution < -0.4 is 5.32 Å². The Labute approximate surface area is 96.4 Å². The van der Waals surface area contributed by atoms with Crippen molar-refractivity contribution in [2.24, 2.45) is 0 Å². The smallest absolute Gasteiger partial charge is 0.0935 e. The summed E-state index contributed by atoms with van der Waals surface area (Å²) in [6.07, 6.45) is 0. The Kier molecular flexibility index (Phi) is 3.23. The molecule has 0 saturated carbocycles. The van der Waals surface area contributed by atoms with Crippen LogP contribution in [0.15, 0.2) is 23.6 Å². The number of hydrogen-bond acceptors (Lipinski definition) is 3. The molecule has 0 fully saturated rings. The summed E-state index contributed by atoms with van der Waals surface area (Å²) in [7, 11) is 1.96. The number of nitrogens with one attached hydrogen (secondary N) is 1. The molecule has 0 atom stereocenters. The van der Waals surface area contributed by atoms with Crippen LogP contribution in [-0.4, -0.2) is 7.05 Å². The number of thiophene rings is 2. The zero-order chi connectivity index (χ0) is 9.97. The van der Waals surface area contributed by atoms with Crippen molar-refractivity contribution >= 4 is 34.3 Å². The van der Waals surface area contributed by atoms with Crippen LogP contribution in [0.3, 0.4) is 0 Å². The Morgan fingerprint density at radius 3 is 2.86 bits per heavy atom. The molecule has 0 aliphatic carbocycles. The first-order valence-corrected chi connectivity index (χ1v) is 6.34. The second kappa shape index (κ2) is 4.45. The standard InChI is InChI=1S/C10H10ClNS2/c1-12-5-7-4-9(13-6-7)8-2-3-10(11)14-8/h2-4,6,12H,5H2,1H3. The highest BCUT2D eigenvalue weighted by atomic mass is 35.5. The Morgan fingerprint density at radius 2 is 2.21 bits per heavy atom. The van der Waals surface area contributed by atoms with E-state index in [9.17, 15) is 0 Å². The summed E-state index contributed by atoms with van der Waals surface area (Å²) >= 11 is 9.28. The van der Waals surface area contributed by atoms with Crippen LogP contribution in [0.1, 0.15) is 5.56 Å². The molecule has 0 radical (unpaired) electrons. The second-order valence-corrected chi connectivity index (χ2v) is 5.58. The number of rotatable bonds is 3. The Hall–Kier alpha value is -0.350. The molecule has 0 aliphatic heterocycles. The minimum atomic E-state index is 0.851. The van der Waals surface area contributed by atoms with E-state index in [0.29, 0.717) is 0 Å². The van der Waals surface area contributed by atoms with Gasteiger partial charge in [-0.2, -0.15) is 0 Å². The molecular formula is C10H10ClNS2. The summed E-state index contributed by atoms with van der Waals surface area (Å²) in [6, 6.07) is 6.23. The Morgan fingerprint density at radius 1 is 1.36 bits per heavy atom. The van der Waals surface area contributed by atoms with Crippen molar-refractivity contribution in [1.82, 2.24) is 5.32 Å². The third-order valence-corrected chi connectivity index (χ3v) is 4.26. The molecule has 1 N–H and O–H groups in total. The molecule has 0 spiro atoms. The van der Waals surface area contributed by atoms with Crippen molar-refractivity contribution in [3.05, 3.63) is 33.5 Å². The van der Waals surface area contributed by atoms with Crippen molar-refractivity contribution < 1.29 is 0 Å². The fourth-order valence-electron chi connectivity index (χ4n) is 1.25. The lowest BCUT2D eigenvalue weighted by Gasteiger charge is -1.91. The maximum atomic E-state index is 5.89. The predicted octanol–water partition coefficient (Wildman–Crippen LogP) is 3.85. The van der Waals surface area contributed by atoms with Crippen LogP contribution in [0.25, 0.3) is 9.75 Å². The van der Waals surface area contributed by atoms with E-state index in [4.69, 9.17) is 11.6 Å². The highest BCUT2D eigenvalue weighted by Crippen LogP contribution is 2.34. The average molecular weight is 244 g/mol. The molecule has 2 rings (SSSR count). The first-order valence-electron chi connectivity index (χ1n) is 4.27. The number of hydrogen-bond donors (Lipinski definition) is 1. The van der Waals surface area contributed by atoms with Gasteiger partial charge in [-0.3, -0.25) is 0 Å². The van der Waals surface area contributed by atoms with Crippen LogP contribution >= 0.6 is 34.3 Å². The van der Waals surface area contributed by atoms with Crippen molar-refractivity contribution in [3.63, 3.8) is 0 Å². The van der Waals surface area contributed by atoms with E-state index in [0.717, 1.165) is 10.9 Å². The molecule has 0 saturated heterocycles. The average Bonchev–Trinajstić information content (AvgIpc) is 2.74. The van der Waals surface area contributed by atoms with Gasteiger partial charge in [-0.25, -0.2) is 0 Å². The molecule has 0 bridgehead atoms. The first-order chi connectivity index (χ1) is 6.79. The third kappa shape index (κ3) is 2.17. The van der Waals surface area contributed by atoms with E-state index in [1.54, 1.807) is 22.7 Å². The van der Waals surface area contributed by atoms with Crippen LogP contribution in [0.4, 0.5) is 0 Å². The van der Waals surface area contributed by atoms with Gasteiger partial charge in [0, 0.05) is 16.3 Å². The number of halogens is 1. The minimum Gasteiger partial charge on any atom is -0.316 e. The SMILES string of the molecule is CNCc1csc(-c2ccc(Cl)s2)c1. The minimum absolute atomic E-state index is 0.851.